The molecule has 2 aliphatic rings. The monoisotopic (exact) mass is 527 g/mol. The zero-order valence-electron chi connectivity index (χ0n) is 21.9. The lowest BCUT2D eigenvalue weighted by atomic mass is 9.94. The second kappa shape index (κ2) is 11.6. The zero-order valence-corrected chi connectivity index (χ0v) is 21.9. The van der Waals surface area contributed by atoms with Gasteiger partial charge in [-0.3, -0.25) is 9.36 Å². The van der Waals surface area contributed by atoms with Crippen LogP contribution < -0.4 is 10.2 Å². The van der Waals surface area contributed by atoms with Crippen LogP contribution in [0.25, 0.3) is 16.9 Å². The maximum atomic E-state index is 14.1. The summed E-state index contributed by atoms with van der Waals surface area (Å²) < 4.78 is 35.1. The highest BCUT2D eigenvalue weighted by atomic mass is 19.3. The number of nitrogens with one attached hydrogen (secondary N) is 1. The first-order valence-corrected chi connectivity index (χ1v) is 13.5. The van der Waals surface area contributed by atoms with E-state index < -0.39 is 12.5 Å². The van der Waals surface area contributed by atoms with Crippen LogP contribution in [0.4, 0.5) is 20.5 Å². The molecule has 0 radical (unpaired) electrons. The Morgan fingerprint density at radius 3 is 2.53 bits per heavy atom. The van der Waals surface area contributed by atoms with E-state index in [1.54, 1.807) is 37.3 Å². The number of nitrogens with zero attached hydrogens (tertiary/aromatic N) is 6. The number of morpholine rings is 1. The molecule has 1 amide bonds. The normalized spacial score (nSPS) is 17.7. The number of alkyl halides is 2. The summed E-state index contributed by atoms with van der Waals surface area (Å²) >= 11 is 0. The van der Waals surface area contributed by atoms with E-state index >= 15 is 0 Å². The number of para-hydroxylation sites is 2. The molecule has 0 unspecified atom stereocenters. The molecule has 1 saturated heterocycles. The molecule has 1 aliphatic carbocycles. The molecule has 9 nitrogen and oxygen atoms in total. The van der Waals surface area contributed by atoms with Gasteiger partial charge >= 0.3 is 0 Å². The first-order chi connectivity index (χ1) is 18.5. The lowest BCUT2D eigenvalue weighted by Gasteiger charge is -2.35. The molecule has 1 aliphatic heterocycles. The van der Waals surface area contributed by atoms with Gasteiger partial charge in [0.2, 0.25) is 11.9 Å². The van der Waals surface area contributed by atoms with Gasteiger partial charge in [-0.25, -0.2) is 13.8 Å². The van der Waals surface area contributed by atoms with Crippen LogP contribution in [0.5, 0.6) is 0 Å². The molecule has 1 atom stereocenters. The van der Waals surface area contributed by atoms with E-state index in [2.05, 4.69) is 15.3 Å². The minimum absolute atomic E-state index is 0.0114. The number of imidazole rings is 1. The van der Waals surface area contributed by atoms with E-state index in [0.29, 0.717) is 49.7 Å². The third-order valence-corrected chi connectivity index (χ3v) is 7.40. The molecule has 11 heteroatoms. The maximum Gasteiger partial charge on any atom is 0.296 e. The zero-order chi connectivity index (χ0) is 26.6. The number of benzene rings is 1. The molecule has 1 saturated carbocycles. The Bertz CT molecular complexity index is 1260. The van der Waals surface area contributed by atoms with Gasteiger partial charge in [0.1, 0.15) is 17.7 Å². The summed E-state index contributed by atoms with van der Waals surface area (Å²) in [6.07, 6.45) is 2.72. The minimum atomic E-state index is -2.80. The predicted molar refractivity (Wildman–Crippen MR) is 142 cm³/mol. The largest absolute Gasteiger partial charge is 0.378 e. The van der Waals surface area contributed by atoms with Crippen molar-refractivity contribution >= 4 is 28.7 Å². The summed E-state index contributed by atoms with van der Waals surface area (Å²) in [5, 5.41) is 3.18. The van der Waals surface area contributed by atoms with E-state index in [0.717, 1.165) is 25.7 Å². The molecule has 2 fully saturated rings. The van der Waals surface area contributed by atoms with Crippen LogP contribution in [0.15, 0.2) is 30.3 Å². The molecule has 2 aromatic heterocycles. The second-order valence-corrected chi connectivity index (χ2v) is 9.88. The van der Waals surface area contributed by atoms with Crippen molar-refractivity contribution in [3.63, 3.8) is 0 Å². The van der Waals surface area contributed by atoms with Crippen LogP contribution in [0, 0.1) is 0 Å². The summed E-state index contributed by atoms with van der Waals surface area (Å²) in [4.78, 5) is 30.9. The Morgan fingerprint density at radius 2 is 1.82 bits per heavy atom. The van der Waals surface area contributed by atoms with E-state index in [9.17, 15) is 13.6 Å². The quantitative estimate of drug-likeness (QED) is 0.459. The highest BCUT2D eigenvalue weighted by Gasteiger charge is 2.29. The van der Waals surface area contributed by atoms with E-state index in [1.807, 2.05) is 16.7 Å². The Balaban J connectivity index is 1.51. The minimum Gasteiger partial charge on any atom is -0.378 e. The van der Waals surface area contributed by atoms with Gasteiger partial charge in [-0.2, -0.15) is 9.97 Å². The summed E-state index contributed by atoms with van der Waals surface area (Å²) in [6.45, 7) is 6.75. The first kappa shape index (κ1) is 26.3. The van der Waals surface area contributed by atoms with Crippen molar-refractivity contribution in [3.8, 4) is 5.82 Å². The molecular weight excluding hydrogens is 492 g/mol. The Labute approximate surface area is 221 Å². The number of hydrogen-bond acceptors (Lipinski definition) is 7. The van der Waals surface area contributed by atoms with Gasteiger partial charge in [-0.1, -0.05) is 31.4 Å². The molecule has 0 spiro atoms. The van der Waals surface area contributed by atoms with Crippen LogP contribution >= 0.6 is 0 Å². The maximum absolute atomic E-state index is 14.1. The van der Waals surface area contributed by atoms with E-state index in [-0.39, 0.29) is 29.5 Å². The van der Waals surface area contributed by atoms with Crippen molar-refractivity contribution in [1.29, 1.82) is 0 Å². The number of carbonyl (C=O) groups is 1. The number of hydrogen-bond donors (Lipinski definition) is 1. The number of anilines is 2. The van der Waals surface area contributed by atoms with Crippen LogP contribution in [0.1, 0.15) is 58.2 Å². The number of rotatable bonds is 8. The van der Waals surface area contributed by atoms with Crippen LogP contribution in [0.3, 0.4) is 0 Å². The number of halogens is 2. The number of amides is 1. The van der Waals surface area contributed by atoms with Gasteiger partial charge in [0.15, 0.2) is 5.82 Å². The molecule has 38 heavy (non-hydrogen) atoms. The van der Waals surface area contributed by atoms with Gasteiger partial charge < -0.3 is 19.9 Å². The average Bonchev–Trinajstić information content (AvgIpc) is 3.34. The third kappa shape index (κ3) is 5.43. The number of fused-ring (bicyclic) bond motifs is 1. The topological polar surface area (TPSA) is 88.4 Å². The Hall–Kier alpha value is -3.34. The van der Waals surface area contributed by atoms with E-state index in [4.69, 9.17) is 9.72 Å². The second-order valence-electron chi connectivity index (χ2n) is 9.88. The molecule has 1 N–H and O–H groups in total. The van der Waals surface area contributed by atoms with Crippen molar-refractivity contribution in [2.24, 2.45) is 0 Å². The summed E-state index contributed by atoms with van der Waals surface area (Å²) in [5.74, 6) is 0.665. The molecule has 3 heterocycles. The molecule has 1 aromatic carbocycles. The highest BCUT2D eigenvalue weighted by molar-refractivity contribution is 5.84. The fraction of sp³-hybridized carbons (Fsp3) is 0.556. The molecule has 5 rings (SSSR count). The summed E-state index contributed by atoms with van der Waals surface area (Å²) in [7, 11) is 0. The molecule has 0 bridgehead atoms. The van der Waals surface area contributed by atoms with Crippen molar-refractivity contribution in [2.75, 3.05) is 43.1 Å². The summed E-state index contributed by atoms with van der Waals surface area (Å²) in [5.41, 5.74) is 0.984. The van der Waals surface area contributed by atoms with Gasteiger partial charge in [-0.05, 0) is 38.8 Å². The first-order valence-electron chi connectivity index (χ1n) is 13.5. The van der Waals surface area contributed by atoms with Crippen molar-refractivity contribution in [3.05, 3.63) is 36.2 Å². The van der Waals surface area contributed by atoms with Gasteiger partial charge in [0, 0.05) is 31.7 Å². The smallest absolute Gasteiger partial charge is 0.296 e. The molecular formula is C27H35F2N7O2. The SMILES string of the molecule is CCN(C(=O)[C@H](C)Nc1nc(N2CCOCC2)cc(-n2c(C(F)F)nc3ccccc32)n1)C1CCCCC1. The fourth-order valence-electron chi connectivity index (χ4n) is 5.48. The fourth-order valence-corrected chi connectivity index (χ4v) is 5.48. The van der Waals surface area contributed by atoms with E-state index in [1.165, 1.54) is 11.0 Å². The van der Waals surface area contributed by atoms with Crippen LogP contribution in [-0.2, 0) is 9.53 Å². The van der Waals surface area contributed by atoms with Crippen LogP contribution in [0.2, 0.25) is 0 Å². The highest BCUT2D eigenvalue weighted by Crippen LogP contribution is 2.29. The average molecular weight is 528 g/mol. The Morgan fingerprint density at radius 1 is 1.11 bits per heavy atom. The number of ether oxygens (including phenoxy) is 1. The van der Waals surface area contributed by atoms with Gasteiger partial charge in [-0.15, -0.1) is 0 Å². The Kier molecular flexibility index (Phi) is 8.01. The van der Waals surface area contributed by atoms with Crippen LogP contribution in [-0.4, -0.2) is 75.3 Å². The van der Waals surface area contributed by atoms with Gasteiger partial charge in [0.25, 0.3) is 6.43 Å². The molecule has 204 valence electrons. The lowest BCUT2D eigenvalue weighted by Crippen LogP contribution is -2.47. The third-order valence-electron chi connectivity index (χ3n) is 7.40. The lowest BCUT2D eigenvalue weighted by molar-refractivity contribution is -0.134. The molecule has 3 aromatic rings. The summed E-state index contributed by atoms with van der Waals surface area (Å²) in [6, 6.07) is 8.35. The predicted octanol–water partition coefficient (Wildman–Crippen LogP) is 4.57. The number of aromatic nitrogens is 4. The number of likely N-dealkylation sites (N-methyl/N-ethyl adjacent to an activating group) is 1. The van der Waals surface area contributed by atoms with Crippen molar-refractivity contribution < 1.29 is 18.3 Å². The number of carbonyl (C=O) groups excluding carboxylic acids is 1. The van der Waals surface area contributed by atoms with Crippen molar-refractivity contribution in [1.82, 2.24) is 24.4 Å². The standard InChI is InChI=1S/C27H35F2N7O2/c1-3-35(19-9-5-4-6-10-19)26(37)18(2)30-27-32-22(34-13-15-38-16-14-34)17-23(33-27)36-21-12-8-7-11-20(21)31-25(36)24(28)29/h7-8,11-12,17-19,24H,3-6,9-10,13-16H2,1-2H3,(H,30,32,33)/t18-/m0/s1. The van der Waals surface area contributed by atoms with Gasteiger partial charge in [0.05, 0.1) is 24.2 Å². The van der Waals surface area contributed by atoms with Crippen molar-refractivity contribution in [2.45, 2.75) is 64.5 Å².